The van der Waals surface area contributed by atoms with Crippen molar-refractivity contribution in [2.75, 3.05) is 13.2 Å². The van der Waals surface area contributed by atoms with Crippen LogP contribution in [0.2, 0.25) is 0 Å². The monoisotopic (exact) mass is 461 g/mol. The first-order chi connectivity index (χ1) is 16.3. The molecular formula is C30H39NO3. The van der Waals surface area contributed by atoms with E-state index in [0.29, 0.717) is 12.5 Å². The number of allylic oxidation sites excluding steroid dienone is 1. The number of fused-ring (bicyclic) bond motifs is 4. The smallest absolute Gasteiger partial charge is 0.126 e. The number of hydrogen-bond acceptors (Lipinski definition) is 4. The maximum absolute atomic E-state index is 6.64. The number of ether oxygens (including phenoxy) is 3. The minimum atomic E-state index is -0.246. The Morgan fingerprint density at radius 1 is 1.15 bits per heavy atom. The number of rotatable bonds is 5. The van der Waals surface area contributed by atoms with Gasteiger partial charge in [-0.25, -0.2) is 0 Å². The third-order valence-corrected chi connectivity index (χ3v) is 7.73. The van der Waals surface area contributed by atoms with E-state index in [1.54, 1.807) is 0 Å². The van der Waals surface area contributed by atoms with Gasteiger partial charge in [0.25, 0.3) is 0 Å². The molecule has 3 aliphatic heterocycles. The van der Waals surface area contributed by atoms with Gasteiger partial charge >= 0.3 is 0 Å². The fraction of sp³-hybridized carbons (Fsp3) is 0.533. The molecule has 0 radical (unpaired) electrons. The van der Waals surface area contributed by atoms with Gasteiger partial charge in [-0.15, -0.1) is 0 Å². The van der Waals surface area contributed by atoms with Crippen LogP contribution < -0.4 is 9.47 Å². The first kappa shape index (κ1) is 23.4. The molecule has 1 fully saturated rings. The summed E-state index contributed by atoms with van der Waals surface area (Å²) in [7, 11) is 0. The zero-order valence-corrected chi connectivity index (χ0v) is 21.4. The van der Waals surface area contributed by atoms with Crippen molar-refractivity contribution >= 4 is 0 Å². The summed E-state index contributed by atoms with van der Waals surface area (Å²) in [5.74, 6) is 2.27. The van der Waals surface area contributed by atoms with E-state index in [4.69, 9.17) is 14.2 Å². The molecular weight excluding hydrogens is 422 g/mol. The van der Waals surface area contributed by atoms with Crippen LogP contribution >= 0.6 is 0 Å². The lowest BCUT2D eigenvalue weighted by atomic mass is 9.75. The molecule has 0 bridgehead atoms. The Balaban J connectivity index is 1.47. The second kappa shape index (κ2) is 9.39. The maximum atomic E-state index is 6.64. The van der Waals surface area contributed by atoms with Crippen molar-refractivity contribution in [3.63, 3.8) is 0 Å². The average molecular weight is 462 g/mol. The molecule has 0 saturated carbocycles. The van der Waals surface area contributed by atoms with Gasteiger partial charge in [0.2, 0.25) is 0 Å². The van der Waals surface area contributed by atoms with E-state index in [2.05, 4.69) is 82.0 Å². The largest absolute Gasteiger partial charge is 0.489 e. The van der Waals surface area contributed by atoms with Crippen LogP contribution in [0.25, 0.3) is 0 Å². The Labute approximate surface area is 204 Å². The molecule has 0 N–H and O–H groups in total. The Morgan fingerprint density at radius 3 is 2.74 bits per heavy atom. The molecule has 4 nitrogen and oxygen atoms in total. The van der Waals surface area contributed by atoms with Crippen molar-refractivity contribution < 1.29 is 14.2 Å². The van der Waals surface area contributed by atoms with Crippen LogP contribution in [0.3, 0.4) is 0 Å². The van der Waals surface area contributed by atoms with E-state index < -0.39 is 0 Å². The van der Waals surface area contributed by atoms with Crippen LogP contribution in [0.5, 0.6) is 11.5 Å². The van der Waals surface area contributed by atoms with E-state index in [9.17, 15) is 0 Å². The Morgan fingerprint density at radius 2 is 1.94 bits per heavy atom. The van der Waals surface area contributed by atoms with E-state index in [0.717, 1.165) is 56.0 Å². The molecule has 182 valence electrons. The summed E-state index contributed by atoms with van der Waals surface area (Å²) in [4.78, 5) is 2.52. The molecule has 3 atom stereocenters. The second-order valence-corrected chi connectivity index (χ2v) is 11.1. The van der Waals surface area contributed by atoms with Crippen molar-refractivity contribution in [3.05, 3.63) is 70.3 Å². The quantitative estimate of drug-likeness (QED) is 0.468. The molecule has 5 rings (SSSR count). The summed E-state index contributed by atoms with van der Waals surface area (Å²) in [6.45, 7) is 14.3. The topological polar surface area (TPSA) is 30.9 Å². The van der Waals surface area contributed by atoms with Gasteiger partial charge in [0.05, 0.1) is 12.2 Å². The van der Waals surface area contributed by atoms with E-state index in [-0.39, 0.29) is 17.8 Å². The molecule has 0 amide bonds. The highest BCUT2D eigenvalue weighted by atomic mass is 16.5. The van der Waals surface area contributed by atoms with Gasteiger partial charge in [0.1, 0.15) is 23.7 Å². The van der Waals surface area contributed by atoms with E-state index >= 15 is 0 Å². The van der Waals surface area contributed by atoms with Gasteiger partial charge in [0.15, 0.2) is 0 Å². The third kappa shape index (κ3) is 4.76. The molecule has 0 aromatic heterocycles. The zero-order valence-electron chi connectivity index (χ0n) is 21.4. The van der Waals surface area contributed by atoms with Crippen molar-refractivity contribution in [2.45, 2.75) is 84.8 Å². The van der Waals surface area contributed by atoms with Crippen LogP contribution in [0.1, 0.15) is 75.8 Å². The van der Waals surface area contributed by atoms with Gasteiger partial charge in [-0.2, -0.15) is 0 Å². The first-order valence-electron chi connectivity index (χ1n) is 12.9. The first-order valence-corrected chi connectivity index (χ1v) is 12.9. The summed E-state index contributed by atoms with van der Waals surface area (Å²) in [5.41, 5.74) is 6.27. The number of benzene rings is 2. The normalized spacial score (nSPS) is 25.4. The number of nitrogens with zero attached hydrogens (tertiary/aromatic N) is 1. The molecule has 3 aliphatic rings. The van der Waals surface area contributed by atoms with Gasteiger partial charge in [-0.1, -0.05) is 29.8 Å². The van der Waals surface area contributed by atoms with Gasteiger partial charge < -0.3 is 14.2 Å². The zero-order chi connectivity index (χ0) is 23.9. The highest BCUT2D eigenvalue weighted by Crippen LogP contribution is 2.52. The fourth-order valence-electron chi connectivity index (χ4n) is 5.75. The highest BCUT2D eigenvalue weighted by molar-refractivity contribution is 5.50. The molecule has 2 aromatic carbocycles. The average Bonchev–Trinajstić information content (AvgIpc) is 2.79. The molecule has 4 heteroatoms. The van der Waals surface area contributed by atoms with Crippen molar-refractivity contribution in [2.24, 2.45) is 5.92 Å². The van der Waals surface area contributed by atoms with Crippen LogP contribution in [0.15, 0.2) is 48.0 Å². The summed E-state index contributed by atoms with van der Waals surface area (Å²) in [6.07, 6.45) is 5.77. The standard InChI is InChI=1S/C30H39NO3/c1-20(2)13-15-32-27-17-25-28(34-30(4,5)26-11-10-21(3)33-29(25)26)16-24(27)19-31-14-12-22-8-6-7-9-23(22)18-31/h6-9,13,16-17,21,26,29H,10-12,14-15,18-19H2,1-5H3/t21-,26-,29+/m0/s1. The predicted octanol–water partition coefficient (Wildman–Crippen LogP) is 6.62. The molecule has 2 aromatic rings. The summed E-state index contributed by atoms with van der Waals surface area (Å²) >= 11 is 0. The Hall–Kier alpha value is -2.30. The van der Waals surface area contributed by atoms with Crippen molar-refractivity contribution in [1.82, 2.24) is 4.90 Å². The van der Waals surface area contributed by atoms with Gasteiger partial charge in [0, 0.05) is 36.7 Å². The summed E-state index contributed by atoms with van der Waals surface area (Å²) in [5, 5.41) is 0. The van der Waals surface area contributed by atoms with E-state index in [1.165, 1.54) is 22.3 Å². The molecule has 3 heterocycles. The molecule has 0 aliphatic carbocycles. The lowest BCUT2D eigenvalue weighted by molar-refractivity contribution is -0.144. The maximum Gasteiger partial charge on any atom is 0.126 e. The SMILES string of the molecule is CC(C)=CCOc1cc2c(cc1CN1CCc3ccccc3C1)OC(C)(C)[C@H]1CC[C@H](C)O[C@H]21. The molecule has 1 saturated heterocycles. The van der Waals surface area contributed by atoms with Gasteiger partial charge in [-0.3, -0.25) is 4.90 Å². The Bertz CT molecular complexity index is 1070. The minimum Gasteiger partial charge on any atom is -0.489 e. The van der Waals surface area contributed by atoms with Crippen LogP contribution in [-0.4, -0.2) is 29.8 Å². The van der Waals surface area contributed by atoms with Crippen LogP contribution in [0, 0.1) is 5.92 Å². The molecule has 34 heavy (non-hydrogen) atoms. The summed E-state index contributed by atoms with van der Waals surface area (Å²) in [6, 6.07) is 13.3. The highest BCUT2D eigenvalue weighted by Gasteiger charge is 2.47. The Kier molecular flexibility index (Phi) is 6.47. The second-order valence-electron chi connectivity index (χ2n) is 11.1. The van der Waals surface area contributed by atoms with Crippen molar-refractivity contribution in [3.8, 4) is 11.5 Å². The lowest BCUT2D eigenvalue weighted by Gasteiger charge is -2.48. The fourth-order valence-corrected chi connectivity index (χ4v) is 5.75. The van der Waals surface area contributed by atoms with Crippen LogP contribution in [-0.2, 0) is 24.2 Å². The summed E-state index contributed by atoms with van der Waals surface area (Å²) < 4.78 is 19.5. The molecule has 0 unspecified atom stereocenters. The van der Waals surface area contributed by atoms with Crippen LogP contribution in [0.4, 0.5) is 0 Å². The van der Waals surface area contributed by atoms with Gasteiger partial charge in [-0.05, 0) is 83.2 Å². The molecule has 0 spiro atoms. The van der Waals surface area contributed by atoms with E-state index in [1.807, 2.05) is 0 Å². The lowest BCUT2D eigenvalue weighted by Crippen LogP contribution is -2.48. The number of hydrogen-bond donors (Lipinski definition) is 0. The third-order valence-electron chi connectivity index (χ3n) is 7.73. The minimum absolute atomic E-state index is 0.0595. The van der Waals surface area contributed by atoms with Crippen molar-refractivity contribution in [1.29, 1.82) is 0 Å². The predicted molar refractivity (Wildman–Crippen MR) is 136 cm³/mol.